The first-order valence-corrected chi connectivity index (χ1v) is 7.26. The average Bonchev–Trinajstić information content (AvgIpc) is 2.56. The molecule has 0 aliphatic carbocycles. The van der Waals surface area contributed by atoms with E-state index in [0.29, 0.717) is 11.3 Å². The number of amides is 2. The minimum Gasteiger partial charge on any atom is -0.465 e. The Morgan fingerprint density at radius 2 is 1.96 bits per heavy atom. The van der Waals surface area contributed by atoms with Crippen LogP contribution in [-0.2, 0) is 4.79 Å². The second-order valence-electron chi connectivity index (χ2n) is 5.17. The molecule has 4 N–H and O–H groups in total. The Labute approximate surface area is 143 Å². The molecule has 7 nitrogen and oxygen atoms in total. The van der Waals surface area contributed by atoms with Gasteiger partial charge in [0.05, 0.1) is 23.0 Å². The van der Waals surface area contributed by atoms with Gasteiger partial charge in [-0.2, -0.15) is 5.26 Å². The number of carbonyl (C=O) groups excluding carboxylic acids is 1. The number of carboxylic acid groups (broad SMARTS) is 1. The second-order valence-corrected chi connectivity index (χ2v) is 5.17. The predicted octanol–water partition coefficient (Wildman–Crippen LogP) is 3.04. The summed E-state index contributed by atoms with van der Waals surface area (Å²) < 4.78 is 13.6. The fourth-order valence-corrected chi connectivity index (χ4v) is 2.04. The first-order chi connectivity index (χ1) is 11.9. The number of carbonyl (C=O) groups is 2. The summed E-state index contributed by atoms with van der Waals surface area (Å²) in [4.78, 5) is 22.6. The molecule has 0 aliphatic heterocycles. The van der Waals surface area contributed by atoms with Crippen LogP contribution in [0.2, 0.25) is 0 Å². The maximum absolute atomic E-state index is 13.6. The molecule has 8 heteroatoms. The van der Waals surface area contributed by atoms with E-state index < -0.39 is 23.9 Å². The summed E-state index contributed by atoms with van der Waals surface area (Å²) in [6.07, 6.45) is -1.33. The molecule has 0 radical (unpaired) electrons. The van der Waals surface area contributed by atoms with Crippen molar-refractivity contribution in [3.63, 3.8) is 0 Å². The van der Waals surface area contributed by atoms with Gasteiger partial charge in [0.25, 0.3) is 0 Å². The molecule has 1 atom stereocenters. The topological polar surface area (TPSA) is 114 Å². The zero-order valence-corrected chi connectivity index (χ0v) is 13.2. The van der Waals surface area contributed by atoms with E-state index in [2.05, 4.69) is 10.6 Å². The molecule has 2 amide bonds. The summed E-state index contributed by atoms with van der Waals surface area (Å²) in [6.45, 7) is 1.39. The van der Waals surface area contributed by atoms with E-state index in [4.69, 9.17) is 10.4 Å². The summed E-state index contributed by atoms with van der Waals surface area (Å²) in [6, 6.07) is 11.3. The molecule has 2 aromatic carbocycles. The van der Waals surface area contributed by atoms with Crippen LogP contribution in [0, 0.1) is 17.1 Å². The van der Waals surface area contributed by atoms with Gasteiger partial charge in [-0.15, -0.1) is 0 Å². The standard InChI is InChI=1S/C17H15FN4O3/c1-10(20-17(24)25)16(23)22-14-6-5-12(18)8-15(14)21-13-4-2-3-11(7-13)9-19/h2-8,10,20-21H,1H3,(H,22,23)(H,24,25). The van der Waals surface area contributed by atoms with E-state index in [1.807, 2.05) is 11.4 Å². The summed E-state index contributed by atoms with van der Waals surface area (Å²) in [7, 11) is 0. The van der Waals surface area contributed by atoms with E-state index in [1.54, 1.807) is 24.3 Å². The third-order valence-corrected chi connectivity index (χ3v) is 3.24. The van der Waals surface area contributed by atoms with Gasteiger partial charge in [-0.3, -0.25) is 4.79 Å². The van der Waals surface area contributed by atoms with Crippen molar-refractivity contribution in [1.82, 2.24) is 5.32 Å². The van der Waals surface area contributed by atoms with Crippen LogP contribution in [-0.4, -0.2) is 23.1 Å². The molecule has 128 valence electrons. The number of nitriles is 1. The van der Waals surface area contributed by atoms with E-state index >= 15 is 0 Å². The average molecular weight is 342 g/mol. The lowest BCUT2D eigenvalue weighted by Gasteiger charge is -2.16. The molecule has 0 saturated heterocycles. The van der Waals surface area contributed by atoms with Crippen LogP contribution < -0.4 is 16.0 Å². The Bertz CT molecular complexity index is 848. The van der Waals surface area contributed by atoms with Crippen molar-refractivity contribution < 1.29 is 19.1 Å². The largest absolute Gasteiger partial charge is 0.465 e. The fourth-order valence-electron chi connectivity index (χ4n) is 2.04. The van der Waals surface area contributed by atoms with E-state index in [0.717, 1.165) is 0 Å². The lowest BCUT2D eigenvalue weighted by molar-refractivity contribution is -0.117. The Morgan fingerprint density at radius 1 is 1.20 bits per heavy atom. The van der Waals surface area contributed by atoms with Crippen LogP contribution in [0.5, 0.6) is 0 Å². The molecule has 0 aromatic heterocycles. The number of hydrogen-bond donors (Lipinski definition) is 4. The summed E-state index contributed by atoms with van der Waals surface area (Å²) in [5, 5.41) is 25.1. The van der Waals surface area contributed by atoms with Crippen LogP contribution in [0.4, 0.5) is 26.2 Å². The highest BCUT2D eigenvalue weighted by molar-refractivity contribution is 5.99. The molecule has 0 heterocycles. The monoisotopic (exact) mass is 342 g/mol. The van der Waals surface area contributed by atoms with Crippen LogP contribution >= 0.6 is 0 Å². The van der Waals surface area contributed by atoms with Gasteiger partial charge in [0.1, 0.15) is 11.9 Å². The van der Waals surface area contributed by atoms with Crippen LogP contribution in [0.25, 0.3) is 0 Å². The second kappa shape index (κ2) is 7.79. The van der Waals surface area contributed by atoms with Crippen LogP contribution in [0.3, 0.4) is 0 Å². The predicted molar refractivity (Wildman–Crippen MR) is 90.1 cm³/mol. The van der Waals surface area contributed by atoms with Crippen molar-refractivity contribution >= 4 is 29.1 Å². The molecular weight excluding hydrogens is 327 g/mol. The zero-order valence-electron chi connectivity index (χ0n) is 13.2. The summed E-state index contributed by atoms with van der Waals surface area (Å²) in [5.74, 6) is -1.11. The maximum atomic E-state index is 13.6. The number of halogens is 1. The Kier molecular flexibility index (Phi) is 5.53. The molecule has 1 unspecified atom stereocenters. The summed E-state index contributed by atoms with van der Waals surface area (Å²) >= 11 is 0. The van der Waals surface area contributed by atoms with Gasteiger partial charge in [0.15, 0.2) is 0 Å². The summed E-state index contributed by atoms with van der Waals surface area (Å²) in [5.41, 5.74) is 1.50. The van der Waals surface area contributed by atoms with Gasteiger partial charge in [-0.05, 0) is 43.3 Å². The Morgan fingerprint density at radius 3 is 2.64 bits per heavy atom. The lowest BCUT2D eigenvalue weighted by atomic mass is 10.2. The number of nitrogens with zero attached hydrogens (tertiary/aromatic N) is 1. The highest BCUT2D eigenvalue weighted by atomic mass is 19.1. The number of rotatable bonds is 5. The minimum atomic E-state index is -1.33. The number of nitrogens with one attached hydrogen (secondary N) is 3. The van der Waals surface area contributed by atoms with Crippen LogP contribution in [0.15, 0.2) is 42.5 Å². The normalized spacial score (nSPS) is 11.1. The fraction of sp³-hybridized carbons (Fsp3) is 0.118. The SMILES string of the molecule is CC(NC(=O)O)C(=O)Nc1ccc(F)cc1Nc1cccc(C#N)c1. The van der Waals surface area contributed by atoms with E-state index in [1.165, 1.54) is 25.1 Å². The molecule has 0 fully saturated rings. The van der Waals surface area contributed by atoms with E-state index in [-0.39, 0.29) is 11.4 Å². The van der Waals surface area contributed by atoms with Crippen molar-refractivity contribution in [3.05, 3.63) is 53.8 Å². The van der Waals surface area contributed by atoms with Crippen molar-refractivity contribution in [1.29, 1.82) is 5.26 Å². The van der Waals surface area contributed by atoms with Crippen molar-refractivity contribution in [2.45, 2.75) is 13.0 Å². The van der Waals surface area contributed by atoms with Crippen LogP contribution in [0.1, 0.15) is 12.5 Å². The van der Waals surface area contributed by atoms with E-state index in [9.17, 15) is 14.0 Å². The smallest absolute Gasteiger partial charge is 0.405 e. The molecule has 0 bridgehead atoms. The molecule has 2 aromatic rings. The third-order valence-electron chi connectivity index (χ3n) is 3.24. The van der Waals surface area contributed by atoms with Crippen molar-refractivity contribution in [2.24, 2.45) is 0 Å². The van der Waals surface area contributed by atoms with Crippen molar-refractivity contribution in [3.8, 4) is 6.07 Å². The van der Waals surface area contributed by atoms with Gasteiger partial charge in [0.2, 0.25) is 5.91 Å². The number of hydrogen-bond acceptors (Lipinski definition) is 4. The zero-order chi connectivity index (χ0) is 18.4. The Balaban J connectivity index is 2.23. The quantitative estimate of drug-likeness (QED) is 0.667. The highest BCUT2D eigenvalue weighted by Crippen LogP contribution is 2.27. The number of benzene rings is 2. The molecule has 0 aliphatic rings. The van der Waals surface area contributed by atoms with Gasteiger partial charge < -0.3 is 21.1 Å². The molecular formula is C17H15FN4O3. The number of anilines is 3. The minimum absolute atomic E-state index is 0.269. The highest BCUT2D eigenvalue weighted by Gasteiger charge is 2.16. The first-order valence-electron chi connectivity index (χ1n) is 7.26. The third kappa shape index (κ3) is 4.94. The molecule has 2 rings (SSSR count). The Hall–Kier alpha value is -3.60. The lowest BCUT2D eigenvalue weighted by Crippen LogP contribution is -2.40. The van der Waals surface area contributed by atoms with Gasteiger partial charge in [-0.25, -0.2) is 9.18 Å². The maximum Gasteiger partial charge on any atom is 0.405 e. The van der Waals surface area contributed by atoms with Gasteiger partial charge in [0, 0.05) is 5.69 Å². The molecule has 0 saturated carbocycles. The van der Waals surface area contributed by atoms with Gasteiger partial charge in [-0.1, -0.05) is 6.07 Å². The van der Waals surface area contributed by atoms with Gasteiger partial charge >= 0.3 is 6.09 Å². The first kappa shape index (κ1) is 17.7. The molecule has 0 spiro atoms. The molecule has 25 heavy (non-hydrogen) atoms. The van der Waals surface area contributed by atoms with Crippen molar-refractivity contribution in [2.75, 3.05) is 10.6 Å².